The SMILES string of the molecule is C#Cc1ccc(CNCCNc2ccc(-c3cc(-c4cnn(C)c4)cn4ncc(C=NC)c34)cn2)cn1. The van der Waals surface area contributed by atoms with E-state index < -0.39 is 0 Å². The molecule has 0 bridgehead atoms. The van der Waals surface area contributed by atoms with Crippen LogP contribution in [0.2, 0.25) is 0 Å². The third kappa shape index (κ3) is 5.39. The molecule has 2 N–H and O–H groups in total. The number of fused-ring (bicyclic) bond motifs is 1. The molecule has 37 heavy (non-hydrogen) atoms. The summed E-state index contributed by atoms with van der Waals surface area (Å²) < 4.78 is 3.68. The van der Waals surface area contributed by atoms with Crippen LogP contribution < -0.4 is 10.6 Å². The number of nitrogens with zero attached hydrogens (tertiary/aromatic N) is 7. The van der Waals surface area contributed by atoms with E-state index in [-0.39, 0.29) is 0 Å². The minimum Gasteiger partial charge on any atom is -0.369 e. The average Bonchev–Trinajstić information content (AvgIpc) is 3.55. The number of terminal acetylenes is 1. The zero-order chi connectivity index (χ0) is 25.6. The lowest BCUT2D eigenvalue weighted by Crippen LogP contribution is -2.22. The molecule has 0 unspecified atom stereocenters. The first kappa shape index (κ1) is 23.9. The summed E-state index contributed by atoms with van der Waals surface area (Å²) in [5, 5.41) is 15.6. The summed E-state index contributed by atoms with van der Waals surface area (Å²) in [7, 11) is 3.67. The molecule has 5 rings (SSSR count). The van der Waals surface area contributed by atoms with Crippen molar-refractivity contribution in [3.8, 4) is 34.6 Å². The summed E-state index contributed by atoms with van der Waals surface area (Å²) in [6.07, 6.45) is 18.5. The summed E-state index contributed by atoms with van der Waals surface area (Å²) in [6.45, 7) is 2.25. The molecule has 0 fully saturated rings. The van der Waals surface area contributed by atoms with Gasteiger partial charge in [0.2, 0.25) is 0 Å². The minimum absolute atomic E-state index is 0.646. The summed E-state index contributed by atoms with van der Waals surface area (Å²) >= 11 is 0. The van der Waals surface area contributed by atoms with E-state index in [0.29, 0.717) is 5.69 Å². The maximum absolute atomic E-state index is 5.35. The van der Waals surface area contributed by atoms with Gasteiger partial charge in [0, 0.05) is 92.5 Å². The second-order valence-corrected chi connectivity index (χ2v) is 8.56. The number of hydrogen-bond acceptors (Lipinski definition) is 7. The monoisotopic (exact) mass is 489 g/mol. The normalized spacial score (nSPS) is 11.3. The van der Waals surface area contributed by atoms with E-state index in [0.717, 1.165) is 64.3 Å². The van der Waals surface area contributed by atoms with E-state index >= 15 is 0 Å². The Labute approximate surface area is 215 Å². The highest BCUT2D eigenvalue weighted by Gasteiger charge is 2.14. The van der Waals surface area contributed by atoms with Crippen molar-refractivity contribution in [2.75, 3.05) is 25.5 Å². The highest BCUT2D eigenvalue weighted by atomic mass is 15.2. The van der Waals surface area contributed by atoms with Gasteiger partial charge in [0.1, 0.15) is 11.5 Å². The Bertz CT molecular complexity index is 1570. The van der Waals surface area contributed by atoms with Crippen LogP contribution in [-0.2, 0) is 13.6 Å². The van der Waals surface area contributed by atoms with Crippen molar-refractivity contribution < 1.29 is 0 Å². The Morgan fingerprint density at radius 2 is 1.89 bits per heavy atom. The van der Waals surface area contributed by atoms with Gasteiger partial charge in [-0.2, -0.15) is 10.2 Å². The third-order valence-corrected chi connectivity index (χ3v) is 5.93. The van der Waals surface area contributed by atoms with Crippen LogP contribution in [0, 0.1) is 12.3 Å². The summed E-state index contributed by atoms with van der Waals surface area (Å²) in [6, 6.07) is 10.1. The van der Waals surface area contributed by atoms with Crippen LogP contribution in [0.15, 0.2) is 72.5 Å². The van der Waals surface area contributed by atoms with Gasteiger partial charge in [0.25, 0.3) is 0 Å². The topological polar surface area (TPSA) is 97.3 Å². The predicted molar refractivity (Wildman–Crippen MR) is 147 cm³/mol. The molecule has 0 atom stereocenters. The fourth-order valence-corrected chi connectivity index (χ4v) is 4.11. The number of pyridine rings is 3. The van der Waals surface area contributed by atoms with Crippen LogP contribution in [0.5, 0.6) is 0 Å². The predicted octanol–water partition coefficient (Wildman–Crippen LogP) is 3.42. The standard InChI is InChI=1S/C28H27N9/c1-4-25-7-5-20(13-32-25)12-30-9-10-31-27-8-6-21(15-33-27)26-11-22(24-17-34-36(3)18-24)19-37-28(26)23(14-29-2)16-35-37/h1,5-8,11,13-19,30H,9-10,12H2,2-3H3,(H,31,33). The van der Waals surface area contributed by atoms with E-state index in [1.807, 2.05) is 67.0 Å². The highest BCUT2D eigenvalue weighted by molar-refractivity contribution is 5.97. The Morgan fingerprint density at radius 1 is 0.973 bits per heavy atom. The lowest BCUT2D eigenvalue weighted by atomic mass is 10.0. The number of aliphatic imine (C=N–C) groups is 1. The molecule has 9 nitrogen and oxygen atoms in total. The van der Waals surface area contributed by atoms with Crippen LogP contribution >= 0.6 is 0 Å². The van der Waals surface area contributed by atoms with Crippen LogP contribution in [0.25, 0.3) is 27.8 Å². The van der Waals surface area contributed by atoms with Crippen molar-refractivity contribution in [1.29, 1.82) is 0 Å². The Kier molecular flexibility index (Phi) is 7.01. The van der Waals surface area contributed by atoms with Gasteiger partial charge in [-0.05, 0) is 29.8 Å². The summed E-state index contributed by atoms with van der Waals surface area (Å²) in [5.74, 6) is 3.34. The Morgan fingerprint density at radius 3 is 2.59 bits per heavy atom. The highest BCUT2D eigenvalue weighted by Crippen LogP contribution is 2.31. The molecule has 5 aromatic heterocycles. The van der Waals surface area contributed by atoms with E-state index in [4.69, 9.17) is 6.42 Å². The fraction of sp³-hybridized carbons (Fsp3) is 0.179. The fourth-order valence-electron chi connectivity index (χ4n) is 4.11. The van der Waals surface area contributed by atoms with Crippen LogP contribution in [-0.4, -0.2) is 55.7 Å². The van der Waals surface area contributed by atoms with E-state index in [2.05, 4.69) is 53.8 Å². The molecule has 5 heterocycles. The molecule has 0 saturated heterocycles. The first-order chi connectivity index (χ1) is 18.1. The average molecular weight is 490 g/mol. The number of nitrogens with one attached hydrogen (secondary N) is 2. The number of aryl methyl sites for hydroxylation is 1. The molecule has 0 aromatic carbocycles. The quantitative estimate of drug-likeness (QED) is 0.187. The maximum atomic E-state index is 5.35. The zero-order valence-corrected chi connectivity index (χ0v) is 20.8. The molecule has 0 spiro atoms. The van der Waals surface area contributed by atoms with E-state index in [1.165, 1.54) is 0 Å². The van der Waals surface area contributed by atoms with Gasteiger partial charge in [-0.1, -0.05) is 12.0 Å². The third-order valence-electron chi connectivity index (χ3n) is 5.93. The van der Waals surface area contributed by atoms with Crippen molar-refractivity contribution in [3.63, 3.8) is 0 Å². The van der Waals surface area contributed by atoms with Gasteiger partial charge in [-0.3, -0.25) is 9.67 Å². The van der Waals surface area contributed by atoms with Crippen LogP contribution in [0.4, 0.5) is 5.82 Å². The van der Waals surface area contributed by atoms with Gasteiger partial charge in [-0.15, -0.1) is 6.42 Å². The van der Waals surface area contributed by atoms with Crippen LogP contribution in [0.1, 0.15) is 16.8 Å². The molecule has 0 aliphatic rings. The van der Waals surface area contributed by atoms with Gasteiger partial charge >= 0.3 is 0 Å². The van der Waals surface area contributed by atoms with Crippen molar-refractivity contribution in [1.82, 2.24) is 34.7 Å². The molecule has 0 aliphatic heterocycles. The molecule has 0 radical (unpaired) electrons. The Hall–Kier alpha value is -4.81. The first-order valence-electron chi connectivity index (χ1n) is 11.9. The molecule has 0 saturated carbocycles. The smallest absolute Gasteiger partial charge is 0.125 e. The molecular weight excluding hydrogens is 462 g/mol. The van der Waals surface area contributed by atoms with Gasteiger partial charge in [-0.25, -0.2) is 14.5 Å². The second-order valence-electron chi connectivity index (χ2n) is 8.56. The van der Waals surface area contributed by atoms with Crippen molar-refractivity contribution in [3.05, 3.63) is 84.3 Å². The van der Waals surface area contributed by atoms with Gasteiger partial charge < -0.3 is 10.6 Å². The molecule has 9 heteroatoms. The summed E-state index contributed by atoms with van der Waals surface area (Å²) in [5.41, 5.74) is 7.74. The maximum Gasteiger partial charge on any atom is 0.125 e. The largest absolute Gasteiger partial charge is 0.369 e. The van der Waals surface area contributed by atoms with Crippen molar-refractivity contribution in [2.45, 2.75) is 6.54 Å². The molecule has 5 aromatic rings. The second kappa shape index (κ2) is 10.8. The van der Waals surface area contributed by atoms with Crippen LogP contribution in [0.3, 0.4) is 0 Å². The zero-order valence-electron chi connectivity index (χ0n) is 20.8. The molecule has 0 amide bonds. The molecule has 184 valence electrons. The number of hydrogen-bond donors (Lipinski definition) is 2. The molecular formula is C28H27N9. The summed E-state index contributed by atoms with van der Waals surface area (Å²) in [4.78, 5) is 13.1. The van der Waals surface area contributed by atoms with Crippen molar-refractivity contribution >= 4 is 17.5 Å². The molecule has 0 aliphatic carbocycles. The number of aromatic nitrogens is 6. The van der Waals surface area contributed by atoms with Gasteiger partial charge in [0.15, 0.2) is 0 Å². The van der Waals surface area contributed by atoms with E-state index in [1.54, 1.807) is 17.9 Å². The van der Waals surface area contributed by atoms with E-state index in [9.17, 15) is 0 Å². The number of anilines is 1. The lowest BCUT2D eigenvalue weighted by molar-refractivity contribution is 0.704. The number of rotatable bonds is 9. The lowest BCUT2D eigenvalue weighted by Gasteiger charge is -2.11. The van der Waals surface area contributed by atoms with Crippen molar-refractivity contribution in [2.24, 2.45) is 12.0 Å². The minimum atomic E-state index is 0.646. The first-order valence-corrected chi connectivity index (χ1v) is 11.9. The Balaban J connectivity index is 1.30. The van der Waals surface area contributed by atoms with Gasteiger partial charge in [0.05, 0.1) is 17.9 Å².